The SMILES string of the molecule is CCC1CC(C(=O)O)C(C(=O)NCCn2cccc2)C1. The van der Waals surface area contributed by atoms with Crippen molar-refractivity contribution in [3.8, 4) is 0 Å². The smallest absolute Gasteiger partial charge is 0.307 e. The van der Waals surface area contributed by atoms with Crippen molar-refractivity contribution in [1.29, 1.82) is 0 Å². The van der Waals surface area contributed by atoms with Gasteiger partial charge in [-0.1, -0.05) is 13.3 Å². The molecule has 3 atom stereocenters. The summed E-state index contributed by atoms with van der Waals surface area (Å²) in [5.74, 6) is -1.49. The Kier molecular flexibility index (Phi) is 4.82. The summed E-state index contributed by atoms with van der Waals surface area (Å²) in [5.41, 5.74) is 0. The molecule has 110 valence electrons. The van der Waals surface area contributed by atoms with Crippen LogP contribution in [0.4, 0.5) is 0 Å². The lowest BCUT2D eigenvalue weighted by Crippen LogP contribution is -2.36. The highest BCUT2D eigenvalue weighted by atomic mass is 16.4. The number of carboxylic acids is 1. The summed E-state index contributed by atoms with van der Waals surface area (Å²) < 4.78 is 1.98. The lowest BCUT2D eigenvalue weighted by atomic mass is 9.95. The van der Waals surface area contributed by atoms with Crippen molar-refractivity contribution in [2.24, 2.45) is 17.8 Å². The summed E-state index contributed by atoms with van der Waals surface area (Å²) in [6.45, 7) is 3.30. The molecule has 1 heterocycles. The van der Waals surface area contributed by atoms with Crippen LogP contribution in [0.3, 0.4) is 0 Å². The Morgan fingerprint density at radius 3 is 2.50 bits per heavy atom. The normalized spacial score (nSPS) is 25.6. The minimum Gasteiger partial charge on any atom is -0.481 e. The Balaban J connectivity index is 1.85. The van der Waals surface area contributed by atoms with Crippen molar-refractivity contribution in [3.05, 3.63) is 24.5 Å². The molecule has 0 aromatic carbocycles. The largest absolute Gasteiger partial charge is 0.481 e. The van der Waals surface area contributed by atoms with Crippen LogP contribution in [0, 0.1) is 17.8 Å². The van der Waals surface area contributed by atoms with E-state index in [4.69, 9.17) is 0 Å². The van der Waals surface area contributed by atoms with Crippen LogP contribution in [0.2, 0.25) is 0 Å². The standard InChI is InChI=1S/C15H22N2O3/c1-2-11-9-12(13(10-11)15(19)20)14(18)16-5-8-17-6-3-4-7-17/h3-4,6-7,11-13H,2,5,8-10H2,1H3,(H,16,18)(H,19,20). The molecule has 1 aliphatic rings. The van der Waals surface area contributed by atoms with Crippen molar-refractivity contribution < 1.29 is 14.7 Å². The van der Waals surface area contributed by atoms with Crippen LogP contribution >= 0.6 is 0 Å². The zero-order valence-corrected chi connectivity index (χ0v) is 11.8. The van der Waals surface area contributed by atoms with Gasteiger partial charge in [-0.05, 0) is 30.9 Å². The average Bonchev–Trinajstić information content (AvgIpc) is 3.07. The quantitative estimate of drug-likeness (QED) is 0.832. The van der Waals surface area contributed by atoms with E-state index >= 15 is 0 Å². The van der Waals surface area contributed by atoms with Gasteiger partial charge < -0.3 is 15.0 Å². The number of rotatable bonds is 6. The minimum absolute atomic E-state index is 0.111. The third-order valence-electron chi connectivity index (χ3n) is 4.23. The average molecular weight is 278 g/mol. The van der Waals surface area contributed by atoms with E-state index in [1.165, 1.54) is 0 Å². The molecule has 5 heteroatoms. The van der Waals surface area contributed by atoms with E-state index in [0.717, 1.165) is 6.42 Å². The molecule has 0 radical (unpaired) electrons. The zero-order chi connectivity index (χ0) is 14.5. The number of aliphatic carboxylic acids is 1. The molecule has 5 nitrogen and oxygen atoms in total. The first-order valence-electron chi connectivity index (χ1n) is 7.23. The predicted molar refractivity (Wildman–Crippen MR) is 75.1 cm³/mol. The van der Waals surface area contributed by atoms with Gasteiger partial charge in [0.2, 0.25) is 5.91 Å². The number of aromatic nitrogens is 1. The molecular weight excluding hydrogens is 256 g/mol. The van der Waals surface area contributed by atoms with Crippen molar-refractivity contribution in [2.45, 2.75) is 32.7 Å². The lowest BCUT2D eigenvalue weighted by Gasteiger charge is -2.15. The van der Waals surface area contributed by atoms with Gasteiger partial charge in [-0.2, -0.15) is 0 Å². The molecule has 20 heavy (non-hydrogen) atoms. The van der Waals surface area contributed by atoms with Crippen LogP contribution in [-0.4, -0.2) is 28.1 Å². The summed E-state index contributed by atoms with van der Waals surface area (Å²) in [6.07, 6.45) is 6.14. The summed E-state index contributed by atoms with van der Waals surface area (Å²) in [4.78, 5) is 23.4. The molecule has 1 aromatic heterocycles. The van der Waals surface area contributed by atoms with Crippen molar-refractivity contribution >= 4 is 11.9 Å². The Morgan fingerprint density at radius 1 is 1.25 bits per heavy atom. The van der Waals surface area contributed by atoms with E-state index in [-0.39, 0.29) is 11.8 Å². The number of carbonyl (C=O) groups excluding carboxylic acids is 1. The van der Waals surface area contributed by atoms with Gasteiger partial charge in [0.25, 0.3) is 0 Å². The van der Waals surface area contributed by atoms with Gasteiger partial charge >= 0.3 is 5.97 Å². The first-order valence-corrected chi connectivity index (χ1v) is 7.23. The molecule has 1 aliphatic carbocycles. The molecule has 2 rings (SSSR count). The first kappa shape index (κ1) is 14.6. The second-order valence-electron chi connectivity index (χ2n) is 5.51. The number of amides is 1. The molecule has 0 saturated heterocycles. The monoisotopic (exact) mass is 278 g/mol. The van der Waals surface area contributed by atoms with E-state index in [9.17, 15) is 14.7 Å². The number of hydrogen-bond donors (Lipinski definition) is 2. The molecule has 3 unspecified atom stereocenters. The minimum atomic E-state index is -0.841. The van der Waals surface area contributed by atoms with E-state index in [1.807, 2.05) is 29.1 Å². The maximum Gasteiger partial charge on any atom is 0.307 e. The number of hydrogen-bond acceptors (Lipinski definition) is 2. The molecule has 0 bridgehead atoms. The van der Waals surface area contributed by atoms with Gasteiger partial charge in [-0.25, -0.2) is 0 Å². The number of carbonyl (C=O) groups is 2. The third-order valence-corrected chi connectivity index (χ3v) is 4.23. The fourth-order valence-corrected chi connectivity index (χ4v) is 3.00. The van der Waals surface area contributed by atoms with Crippen LogP contribution in [0.25, 0.3) is 0 Å². The molecule has 1 saturated carbocycles. The fraction of sp³-hybridized carbons (Fsp3) is 0.600. The fourth-order valence-electron chi connectivity index (χ4n) is 3.00. The Labute approximate surface area is 119 Å². The van der Waals surface area contributed by atoms with Gasteiger partial charge in [-0.3, -0.25) is 9.59 Å². The van der Waals surface area contributed by atoms with Crippen molar-refractivity contribution in [3.63, 3.8) is 0 Å². The highest BCUT2D eigenvalue weighted by Crippen LogP contribution is 2.38. The zero-order valence-electron chi connectivity index (χ0n) is 11.8. The topological polar surface area (TPSA) is 71.3 Å². The summed E-state index contributed by atoms with van der Waals surface area (Å²) >= 11 is 0. The van der Waals surface area contributed by atoms with Crippen LogP contribution in [-0.2, 0) is 16.1 Å². The van der Waals surface area contributed by atoms with Crippen molar-refractivity contribution in [2.75, 3.05) is 6.54 Å². The lowest BCUT2D eigenvalue weighted by molar-refractivity contribution is -0.146. The summed E-state index contributed by atoms with van der Waals surface area (Å²) in [5, 5.41) is 12.1. The molecule has 2 N–H and O–H groups in total. The molecule has 1 amide bonds. The van der Waals surface area contributed by atoms with E-state index < -0.39 is 11.9 Å². The third kappa shape index (κ3) is 3.40. The Morgan fingerprint density at radius 2 is 1.90 bits per heavy atom. The summed E-state index contributed by atoms with van der Waals surface area (Å²) in [7, 11) is 0. The summed E-state index contributed by atoms with van der Waals surface area (Å²) in [6, 6.07) is 3.87. The second kappa shape index (κ2) is 6.59. The highest BCUT2D eigenvalue weighted by Gasteiger charge is 2.41. The van der Waals surface area contributed by atoms with Crippen LogP contribution in [0.15, 0.2) is 24.5 Å². The maximum atomic E-state index is 12.2. The van der Waals surface area contributed by atoms with Gasteiger partial charge in [0.05, 0.1) is 11.8 Å². The molecule has 0 spiro atoms. The number of nitrogens with zero attached hydrogens (tertiary/aromatic N) is 1. The van der Waals surface area contributed by atoms with E-state index in [1.54, 1.807) is 0 Å². The van der Waals surface area contributed by atoms with E-state index in [0.29, 0.717) is 31.8 Å². The highest BCUT2D eigenvalue weighted by molar-refractivity contribution is 5.85. The van der Waals surface area contributed by atoms with Gasteiger partial charge in [0, 0.05) is 25.5 Å². The van der Waals surface area contributed by atoms with E-state index in [2.05, 4.69) is 12.2 Å². The first-order chi connectivity index (χ1) is 9.61. The number of nitrogens with one attached hydrogen (secondary N) is 1. The molecule has 1 aromatic rings. The number of carboxylic acid groups (broad SMARTS) is 1. The molecule has 1 fully saturated rings. The predicted octanol–water partition coefficient (Wildman–Crippen LogP) is 1.74. The molecule has 0 aliphatic heterocycles. The second-order valence-corrected chi connectivity index (χ2v) is 5.51. The van der Waals surface area contributed by atoms with Crippen molar-refractivity contribution in [1.82, 2.24) is 9.88 Å². The van der Waals surface area contributed by atoms with Crippen LogP contribution < -0.4 is 5.32 Å². The Bertz CT molecular complexity index is 456. The van der Waals surface area contributed by atoms with Crippen LogP contribution in [0.1, 0.15) is 26.2 Å². The van der Waals surface area contributed by atoms with Gasteiger partial charge in [-0.15, -0.1) is 0 Å². The van der Waals surface area contributed by atoms with Gasteiger partial charge in [0.15, 0.2) is 0 Å². The van der Waals surface area contributed by atoms with Crippen LogP contribution in [0.5, 0.6) is 0 Å². The Hall–Kier alpha value is -1.78. The molecular formula is C15H22N2O3. The maximum absolute atomic E-state index is 12.2. The van der Waals surface area contributed by atoms with Gasteiger partial charge in [0.1, 0.15) is 0 Å².